The molecule has 0 saturated carbocycles. The number of halogens is 3. The number of H-pyrrole nitrogens is 1. The molecule has 6 heterocycles. The van der Waals surface area contributed by atoms with Crippen molar-refractivity contribution in [3.63, 3.8) is 0 Å². The molecule has 4 aliphatic heterocycles. The second kappa shape index (κ2) is 14.4. The van der Waals surface area contributed by atoms with Crippen molar-refractivity contribution >= 4 is 44.9 Å². The number of hydrogen-bond donors (Lipinski definition) is 5. The van der Waals surface area contributed by atoms with Gasteiger partial charge in [-0.25, -0.2) is 18.2 Å². The van der Waals surface area contributed by atoms with Crippen molar-refractivity contribution in [1.29, 1.82) is 0 Å². The number of aliphatic hydroxyl groups is 1. The molecule has 53 heavy (non-hydrogen) atoms. The predicted octanol–water partition coefficient (Wildman–Crippen LogP) is 3.38. The van der Waals surface area contributed by atoms with E-state index >= 15 is 8.78 Å². The maximum absolute atomic E-state index is 15.6. The number of carbonyl (C=O) groups is 2. The van der Waals surface area contributed by atoms with E-state index in [1.165, 1.54) is 6.20 Å². The van der Waals surface area contributed by atoms with Crippen molar-refractivity contribution in [3.8, 4) is 11.1 Å². The quantitative estimate of drug-likeness (QED) is 0.126. The third kappa shape index (κ3) is 7.35. The minimum absolute atomic E-state index is 0.0150. The number of benzene rings is 2. The number of likely N-dealkylation sites (tertiary alicyclic amines) is 1. The van der Waals surface area contributed by atoms with Gasteiger partial charge in [-0.05, 0) is 68.2 Å². The van der Waals surface area contributed by atoms with E-state index in [-0.39, 0.29) is 37.0 Å². The van der Waals surface area contributed by atoms with Crippen molar-refractivity contribution in [1.82, 2.24) is 24.5 Å². The van der Waals surface area contributed by atoms with E-state index in [0.29, 0.717) is 16.6 Å². The number of pyridine rings is 1. The molecular weight excluding hydrogens is 716 g/mol. The van der Waals surface area contributed by atoms with Gasteiger partial charge in [-0.15, -0.1) is 0 Å². The van der Waals surface area contributed by atoms with Crippen LogP contribution in [0, 0.1) is 17.0 Å². The Morgan fingerprint density at radius 1 is 1.06 bits per heavy atom. The van der Waals surface area contributed by atoms with Crippen LogP contribution in [0.25, 0.3) is 22.2 Å². The SMILES string of the molecule is O=C(c1c(F)ccc(NS(=O)(=O)N2CC[C@@H](F)C2)c1F)c1c[nH]c2ncc(-c3ccc(N4CC5(CN(CC6(O)CCNCC6)C5)C4)cc3)cc12.O=CO. The van der Waals surface area contributed by atoms with Crippen molar-refractivity contribution in [2.45, 2.75) is 31.0 Å². The standard InChI is InChI=1S/C35H38F3N7O4S.CH2O2/c36-24-7-12-45(16-24)50(48,49)42-29-6-5-28(37)30(31(29)38)32(46)27-15-41-33-26(27)13-23(14-40-33)22-1-3-25(4-2-22)44-19-34(20-44)17-43(18-34)21-35(47)8-10-39-11-9-35;2-1-3/h1-6,13-15,24,39,42,47H,7-12,16-21H2,(H,40,41);1H,(H,2,3)/t24-;/m1./s1. The molecule has 4 saturated heterocycles. The number of hydrogen-bond acceptors (Lipinski definition) is 9. The summed E-state index contributed by atoms with van der Waals surface area (Å²) in [5.74, 6) is -3.51. The smallest absolute Gasteiger partial charge is 0.301 e. The van der Waals surface area contributed by atoms with Gasteiger partial charge in [0, 0.05) is 85.8 Å². The molecular formula is C36H40F3N7O6S. The lowest BCUT2D eigenvalue weighted by atomic mass is 9.71. The minimum Gasteiger partial charge on any atom is -0.483 e. The highest BCUT2D eigenvalue weighted by atomic mass is 32.2. The molecule has 5 N–H and O–H groups in total. The van der Waals surface area contributed by atoms with E-state index in [0.717, 1.165) is 86.3 Å². The molecule has 4 fully saturated rings. The van der Waals surface area contributed by atoms with Crippen molar-refractivity contribution in [2.24, 2.45) is 5.41 Å². The first-order valence-electron chi connectivity index (χ1n) is 17.3. The summed E-state index contributed by atoms with van der Waals surface area (Å²) in [6.07, 6.45) is 3.23. The molecule has 8 rings (SSSR count). The van der Waals surface area contributed by atoms with Gasteiger partial charge in [-0.2, -0.15) is 12.7 Å². The molecule has 13 nitrogen and oxygen atoms in total. The molecule has 17 heteroatoms. The van der Waals surface area contributed by atoms with Crippen LogP contribution in [0.3, 0.4) is 0 Å². The summed E-state index contributed by atoms with van der Waals surface area (Å²) in [5.41, 5.74) is 1.08. The number of alkyl halides is 1. The van der Waals surface area contributed by atoms with Crippen LogP contribution in [-0.2, 0) is 15.0 Å². The Kier molecular flexibility index (Phi) is 9.97. The van der Waals surface area contributed by atoms with E-state index in [1.54, 1.807) is 12.3 Å². The summed E-state index contributed by atoms with van der Waals surface area (Å²) in [5, 5.41) is 21.4. The average molecular weight is 756 g/mol. The van der Waals surface area contributed by atoms with E-state index in [9.17, 15) is 22.7 Å². The van der Waals surface area contributed by atoms with E-state index in [2.05, 4.69) is 25.1 Å². The summed E-state index contributed by atoms with van der Waals surface area (Å²) >= 11 is 0. The summed E-state index contributed by atoms with van der Waals surface area (Å²) in [7, 11) is -4.33. The second-order valence-corrected chi connectivity index (χ2v) is 16.1. The maximum atomic E-state index is 15.6. The van der Waals surface area contributed by atoms with Crippen LogP contribution in [0.4, 0.5) is 24.5 Å². The lowest BCUT2D eigenvalue weighted by Crippen LogP contribution is -2.73. The number of piperidine rings is 1. The van der Waals surface area contributed by atoms with Crippen LogP contribution in [0.5, 0.6) is 0 Å². The summed E-state index contributed by atoms with van der Waals surface area (Å²) < 4.78 is 72.6. The molecule has 0 amide bonds. The van der Waals surface area contributed by atoms with Crippen LogP contribution >= 0.6 is 0 Å². The van der Waals surface area contributed by atoms with Gasteiger partial charge in [0.2, 0.25) is 5.78 Å². The van der Waals surface area contributed by atoms with Crippen LogP contribution < -0.4 is 14.9 Å². The lowest BCUT2D eigenvalue weighted by molar-refractivity contribution is -0.122. The van der Waals surface area contributed by atoms with Crippen LogP contribution in [0.1, 0.15) is 35.2 Å². The Balaban J connectivity index is 0.00000140. The highest BCUT2D eigenvalue weighted by Gasteiger charge is 2.53. The zero-order chi connectivity index (χ0) is 37.5. The second-order valence-electron chi connectivity index (χ2n) is 14.4. The highest BCUT2D eigenvalue weighted by Crippen LogP contribution is 2.43. The molecule has 0 bridgehead atoms. The number of nitrogens with one attached hydrogen (secondary N) is 3. The third-order valence-corrected chi connectivity index (χ3v) is 12.0. The largest absolute Gasteiger partial charge is 0.483 e. The number of β-amino-alcohol motifs (C(OH)–C–C–N with tert-alkyl or cyclic N) is 1. The van der Waals surface area contributed by atoms with E-state index in [1.807, 2.05) is 29.0 Å². The number of ketones is 1. The average Bonchev–Trinajstić information content (AvgIpc) is 3.74. The molecule has 0 aliphatic carbocycles. The van der Waals surface area contributed by atoms with Crippen molar-refractivity contribution in [3.05, 3.63) is 77.6 Å². The minimum atomic E-state index is -4.33. The molecule has 0 unspecified atom stereocenters. The number of fused-ring (bicyclic) bond motifs is 1. The number of anilines is 2. The predicted molar refractivity (Wildman–Crippen MR) is 192 cm³/mol. The molecule has 4 aromatic rings. The third-order valence-electron chi connectivity index (χ3n) is 10.6. The number of nitrogens with zero attached hydrogens (tertiary/aromatic N) is 4. The van der Waals surface area contributed by atoms with Gasteiger partial charge < -0.3 is 25.4 Å². The molecule has 1 atom stereocenters. The Labute approximate surface area is 304 Å². The topological polar surface area (TPSA) is 171 Å². The molecule has 1 spiro atoms. The van der Waals surface area contributed by atoms with E-state index in [4.69, 9.17) is 9.90 Å². The molecule has 2 aromatic carbocycles. The summed E-state index contributed by atoms with van der Waals surface area (Å²) in [4.78, 5) is 34.0. The molecule has 4 aliphatic rings. The Morgan fingerprint density at radius 3 is 2.42 bits per heavy atom. The first-order valence-corrected chi connectivity index (χ1v) is 18.8. The molecule has 282 valence electrons. The Morgan fingerprint density at radius 2 is 1.75 bits per heavy atom. The lowest BCUT2D eigenvalue weighted by Gasteiger charge is -2.62. The fourth-order valence-electron chi connectivity index (χ4n) is 7.92. The van der Waals surface area contributed by atoms with Gasteiger partial charge >= 0.3 is 10.2 Å². The van der Waals surface area contributed by atoms with Gasteiger partial charge in [-0.3, -0.25) is 19.2 Å². The number of carboxylic acid groups (broad SMARTS) is 1. The molecule has 0 radical (unpaired) electrons. The summed E-state index contributed by atoms with van der Waals surface area (Å²) in [6.45, 7) is 5.65. The van der Waals surface area contributed by atoms with Crippen LogP contribution in [0.15, 0.2) is 54.9 Å². The van der Waals surface area contributed by atoms with Gasteiger partial charge in [-0.1, -0.05) is 12.1 Å². The number of aromatic amines is 1. The zero-order valence-electron chi connectivity index (χ0n) is 28.7. The van der Waals surface area contributed by atoms with Gasteiger partial charge in [0.15, 0.2) is 5.82 Å². The number of aromatic nitrogens is 2. The van der Waals surface area contributed by atoms with E-state index < -0.39 is 50.7 Å². The first kappa shape index (κ1) is 36.8. The normalized spacial score (nSPS) is 21.1. The number of rotatable bonds is 9. The van der Waals surface area contributed by atoms with Crippen molar-refractivity contribution < 1.29 is 41.4 Å². The zero-order valence-corrected chi connectivity index (χ0v) is 29.5. The molecule has 2 aromatic heterocycles. The van der Waals surface area contributed by atoms with Gasteiger partial charge in [0.25, 0.3) is 6.47 Å². The van der Waals surface area contributed by atoms with Gasteiger partial charge in [0.05, 0.1) is 16.9 Å². The summed E-state index contributed by atoms with van der Waals surface area (Å²) in [6, 6.07) is 11.4. The Hall–Kier alpha value is -4.55. The van der Waals surface area contributed by atoms with Crippen molar-refractivity contribution in [2.75, 3.05) is 68.5 Å². The first-order chi connectivity index (χ1) is 25.3. The van der Waals surface area contributed by atoms with Crippen LogP contribution in [0.2, 0.25) is 0 Å². The highest BCUT2D eigenvalue weighted by molar-refractivity contribution is 7.90. The fourth-order valence-corrected chi connectivity index (χ4v) is 9.19. The Bertz CT molecular complexity index is 2110. The fraction of sp³-hybridized carbons (Fsp3) is 0.417. The number of carbonyl (C=O) groups excluding carboxylic acids is 1. The van der Waals surface area contributed by atoms with Crippen LogP contribution in [-0.4, -0.2) is 121 Å². The maximum Gasteiger partial charge on any atom is 0.301 e. The van der Waals surface area contributed by atoms with Gasteiger partial charge in [0.1, 0.15) is 17.6 Å². The monoisotopic (exact) mass is 755 g/mol.